The summed E-state index contributed by atoms with van der Waals surface area (Å²) in [6.45, 7) is 0.617. The number of aromatic hydroxyl groups is 1. The molecule has 2 atom stereocenters. The molecule has 8 nitrogen and oxygen atoms in total. The van der Waals surface area contributed by atoms with Gasteiger partial charge in [-0.05, 0) is 31.5 Å². The van der Waals surface area contributed by atoms with Gasteiger partial charge in [0.05, 0.1) is 23.8 Å². The number of alkyl halides is 5. The van der Waals surface area contributed by atoms with Crippen molar-refractivity contribution in [3.63, 3.8) is 0 Å². The number of aryl methyl sites for hydroxylation is 1. The third kappa shape index (κ3) is 3.75. The van der Waals surface area contributed by atoms with Crippen molar-refractivity contribution in [2.45, 2.75) is 31.5 Å². The molecule has 2 aliphatic rings. The van der Waals surface area contributed by atoms with E-state index in [0.29, 0.717) is 6.07 Å². The number of carboxylic acid groups (broad SMARTS) is 1. The van der Waals surface area contributed by atoms with Gasteiger partial charge in [-0.1, -0.05) is 0 Å². The SMILES string of the molecule is Cc1nc(N2CC(F)(F)C3CCN(C(=O)O)CC32)nnc1-c1ccc(C(F)(F)F)cc1O. The van der Waals surface area contributed by atoms with Crippen LogP contribution in [-0.4, -0.2) is 68.0 Å². The Morgan fingerprint density at radius 1 is 1.25 bits per heavy atom. The maximum Gasteiger partial charge on any atom is 0.416 e. The third-order valence-corrected chi connectivity index (χ3v) is 5.86. The molecule has 2 fully saturated rings. The number of benzene rings is 1. The van der Waals surface area contributed by atoms with Crippen LogP contribution in [0.15, 0.2) is 18.2 Å². The third-order valence-electron chi connectivity index (χ3n) is 5.86. The van der Waals surface area contributed by atoms with E-state index in [9.17, 15) is 37.0 Å². The van der Waals surface area contributed by atoms with Crippen molar-refractivity contribution in [3.05, 3.63) is 29.5 Å². The molecule has 0 spiro atoms. The highest BCUT2D eigenvalue weighted by molar-refractivity contribution is 5.69. The number of likely N-dealkylation sites (tertiary alicyclic amines) is 1. The number of nitrogens with zero attached hydrogens (tertiary/aromatic N) is 5. The molecule has 0 radical (unpaired) electrons. The van der Waals surface area contributed by atoms with Gasteiger partial charge in [0.2, 0.25) is 5.95 Å². The summed E-state index contributed by atoms with van der Waals surface area (Å²) in [6.07, 6.45) is -5.85. The number of hydrogen-bond donors (Lipinski definition) is 2. The van der Waals surface area contributed by atoms with Gasteiger partial charge in [0.15, 0.2) is 0 Å². The average Bonchev–Trinajstić information content (AvgIpc) is 2.98. The lowest BCUT2D eigenvalue weighted by molar-refractivity contribution is -0.137. The van der Waals surface area contributed by atoms with E-state index in [4.69, 9.17) is 0 Å². The fourth-order valence-corrected chi connectivity index (χ4v) is 4.27. The molecule has 2 aromatic rings. The lowest BCUT2D eigenvalue weighted by Gasteiger charge is -2.36. The standard InChI is InChI=1S/C19H18F5N5O3/c1-9-15(11-3-2-10(6-14(11)30)19(22,23)24)26-27-16(25-9)29-8-18(20,21)12-4-5-28(17(31)32)7-13(12)29/h2-3,6,12-13,30H,4-5,7-8H2,1H3,(H,31,32). The van der Waals surface area contributed by atoms with E-state index in [1.807, 2.05) is 0 Å². The normalized spacial score (nSPS) is 22.7. The molecule has 3 heterocycles. The van der Waals surface area contributed by atoms with E-state index in [2.05, 4.69) is 15.2 Å². The highest BCUT2D eigenvalue weighted by Gasteiger charge is 2.57. The van der Waals surface area contributed by atoms with E-state index in [1.165, 1.54) is 11.8 Å². The summed E-state index contributed by atoms with van der Waals surface area (Å²) in [6, 6.07) is 1.51. The summed E-state index contributed by atoms with van der Waals surface area (Å²) < 4.78 is 67.6. The van der Waals surface area contributed by atoms with Crippen molar-refractivity contribution in [2.75, 3.05) is 24.5 Å². The van der Waals surface area contributed by atoms with Gasteiger partial charge in [0, 0.05) is 24.6 Å². The largest absolute Gasteiger partial charge is 0.507 e. The number of phenolic OH excluding ortho intramolecular Hbond substituents is 1. The number of piperidine rings is 1. The monoisotopic (exact) mass is 459 g/mol. The van der Waals surface area contributed by atoms with Crippen LogP contribution in [0.25, 0.3) is 11.3 Å². The number of aromatic nitrogens is 3. The van der Waals surface area contributed by atoms with E-state index >= 15 is 0 Å². The molecule has 1 aromatic carbocycles. The molecule has 2 N–H and O–H groups in total. The zero-order valence-corrected chi connectivity index (χ0v) is 16.6. The van der Waals surface area contributed by atoms with Crippen LogP contribution in [0.1, 0.15) is 17.7 Å². The molecule has 0 bridgehead atoms. The molecule has 2 unspecified atom stereocenters. The number of fused-ring (bicyclic) bond motifs is 1. The first kappa shape index (κ1) is 22.0. The fourth-order valence-electron chi connectivity index (χ4n) is 4.27. The number of hydrogen-bond acceptors (Lipinski definition) is 6. The summed E-state index contributed by atoms with van der Waals surface area (Å²) in [5.41, 5.74) is -0.929. The van der Waals surface area contributed by atoms with Gasteiger partial charge >= 0.3 is 12.3 Å². The molecule has 4 rings (SSSR count). The van der Waals surface area contributed by atoms with Crippen molar-refractivity contribution in [1.82, 2.24) is 20.1 Å². The first-order valence-electron chi connectivity index (χ1n) is 9.62. The second-order valence-corrected chi connectivity index (χ2v) is 7.86. The smallest absolute Gasteiger partial charge is 0.416 e. The predicted molar refractivity (Wildman–Crippen MR) is 100 cm³/mol. The van der Waals surface area contributed by atoms with Crippen molar-refractivity contribution in [2.24, 2.45) is 5.92 Å². The zero-order chi connectivity index (χ0) is 23.4. The molecular formula is C19H18F5N5O3. The van der Waals surface area contributed by atoms with Crippen molar-refractivity contribution < 1.29 is 37.0 Å². The summed E-state index contributed by atoms with van der Waals surface area (Å²) >= 11 is 0. The van der Waals surface area contributed by atoms with Gasteiger partial charge in [0.1, 0.15) is 11.4 Å². The van der Waals surface area contributed by atoms with Gasteiger partial charge in [-0.15, -0.1) is 10.2 Å². The van der Waals surface area contributed by atoms with Crippen LogP contribution in [0.3, 0.4) is 0 Å². The maximum absolute atomic E-state index is 14.6. The van der Waals surface area contributed by atoms with Crippen molar-refractivity contribution in [1.29, 1.82) is 0 Å². The molecular weight excluding hydrogens is 441 g/mol. The summed E-state index contributed by atoms with van der Waals surface area (Å²) in [7, 11) is 0. The number of halogens is 5. The maximum atomic E-state index is 14.6. The lowest BCUT2D eigenvalue weighted by Crippen LogP contribution is -2.51. The van der Waals surface area contributed by atoms with Gasteiger partial charge in [-0.3, -0.25) is 0 Å². The molecule has 172 valence electrons. The number of amides is 1. The van der Waals surface area contributed by atoms with Crippen LogP contribution in [0.5, 0.6) is 5.75 Å². The quantitative estimate of drug-likeness (QED) is 0.664. The van der Waals surface area contributed by atoms with Crippen LogP contribution in [0.4, 0.5) is 32.7 Å². The molecule has 1 aromatic heterocycles. The van der Waals surface area contributed by atoms with Crippen LogP contribution in [0, 0.1) is 12.8 Å². The molecule has 13 heteroatoms. The lowest BCUT2D eigenvalue weighted by atomic mass is 9.90. The second-order valence-electron chi connectivity index (χ2n) is 7.86. The van der Waals surface area contributed by atoms with Crippen molar-refractivity contribution in [3.8, 4) is 17.0 Å². The molecule has 1 amide bonds. The zero-order valence-electron chi connectivity index (χ0n) is 16.6. The Balaban J connectivity index is 1.65. The molecule has 2 saturated heterocycles. The molecule has 0 saturated carbocycles. The van der Waals surface area contributed by atoms with E-state index < -0.39 is 48.0 Å². The Hall–Kier alpha value is -3.25. The fraction of sp³-hybridized carbons (Fsp3) is 0.474. The Bertz CT molecular complexity index is 1060. The Morgan fingerprint density at radius 2 is 1.97 bits per heavy atom. The number of anilines is 1. The Morgan fingerprint density at radius 3 is 2.56 bits per heavy atom. The minimum atomic E-state index is -4.64. The number of carbonyl (C=O) groups is 1. The Kier molecular flexibility index (Phi) is 5.09. The average molecular weight is 459 g/mol. The van der Waals surface area contributed by atoms with Crippen LogP contribution in [-0.2, 0) is 6.18 Å². The number of phenols is 1. The van der Waals surface area contributed by atoms with Crippen LogP contribution in [0.2, 0.25) is 0 Å². The van der Waals surface area contributed by atoms with Gasteiger partial charge in [-0.25, -0.2) is 18.6 Å². The predicted octanol–water partition coefficient (Wildman–Crippen LogP) is 3.40. The molecule has 0 aliphatic carbocycles. The molecule has 32 heavy (non-hydrogen) atoms. The van der Waals surface area contributed by atoms with Gasteiger partial charge < -0.3 is 20.0 Å². The van der Waals surface area contributed by atoms with Crippen LogP contribution < -0.4 is 4.90 Å². The summed E-state index contributed by atoms with van der Waals surface area (Å²) in [5, 5.41) is 27.1. The first-order chi connectivity index (χ1) is 14.9. The first-order valence-corrected chi connectivity index (χ1v) is 9.62. The second kappa shape index (κ2) is 7.41. The highest BCUT2D eigenvalue weighted by atomic mass is 19.4. The number of rotatable bonds is 2. The summed E-state index contributed by atoms with van der Waals surface area (Å²) in [4.78, 5) is 17.8. The minimum Gasteiger partial charge on any atom is -0.507 e. The van der Waals surface area contributed by atoms with Gasteiger partial charge in [-0.2, -0.15) is 13.2 Å². The van der Waals surface area contributed by atoms with E-state index in [-0.39, 0.29) is 42.4 Å². The topological polar surface area (TPSA) is 103 Å². The highest BCUT2D eigenvalue weighted by Crippen LogP contribution is 2.44. The van der Waals surface area contributed by atoms with Crippen LogP contribution >= 0.6 is 0 Å². The Labute approximate surface area is 178 Å². The van der Waals surface area contributed by atoms with Crippen molar-refractivity contribution >= 4 is 12.0 Å². The molecule has 2 aliphatic heterocycles. The van der Waals surface area contributed by atoms with E-state index in [0.717, 1.165) is 17.0 Å². The van der Waals surface area contributed by atoms with E-state index in [1.54, 1.807) is 0 Å². The summed E-state index contributed by atoms with van der Waals surface area (Å²) in [5.74, 6) is -4.96. The minimum absolute atomic E-state index is 0.00158. The van der Waals surface area contributed by atoms with Gasteiger partial charge in [0.25, 0.3) is 5.92 Å².